The van der Waals surface area contributed by atoms with E-state index in [0.717, 1.165) is 17.7 Å². The van der Waals surface area contributed by atoms with Gasteiger partial charge in [0.25, 0.3) is 0 Å². The fourth-order valence-corrected chi connectivity index (χ4v) is 1.99. The number of benzene rings is 1. The molecule has 96 valence electrons. The van der Waals surface area contributed by atoms with Gasteiger partial charge in [0.15, 0.2) is 5.92 Å². The Morgan fingerprint density at radius 3 is 2.94 bits per heavy atom. The highest BCUT2D eigenvalue weighted by Gasteiger charge is 2.30. The van der Waals surface area contributed by atoms with Crippen molar-refractivity contribution in [1.82, 2.24) is 0 Å². The number of rotatable bonds is 4. The summed E-state index contributed by atoms with van der Waals surface area (Å²) in [4.78, 5) is 22.8. The van der Waals surface area contributed by atoms with Gasteiger partial charge in [0.1, 0.15) is 5.75 Å². The van der Waals surface area contributed by atoms with E-state index in [4.69, 9.17) is 14.6 Å². The summed E-state index contributed by atoms with van der Waals surface area (Å²) in [6.07, 6.45) is 0.734. The van der Waals surface area contributed by atoms with Crippen LogP contribution in [-0.4, -0.2) is 30.3 Å². The van der Waals surface area contributed by atoms with Crippen molar-refractivity contribution < 1.29 is 24.2 Å². The maximum Gasteiger partial charge on any atom is 0.324 e. The summed E-state index contributed by atoms with van der Waals surface area (Å²) in [5.41, 5.74) is 1.37. The monoisotopic (exact) mass is 250 g/mol. The SMILES string of the molecule is CCOC(=O)C(C(=O)O)c1ccc2c(c1)CCO2. The van der Waals surface area contributed by atoms with E-state index < -0.39 is 17.9 Å². The zero-order valence-electron chi connectivity index (χ0n) is 10.0. The molecule has 0 saturated carbocycles. The zero-order chi connectivity index (χ0) is 13.1. The van der Waals surface area contributed by atoms with Gasteiger partial charge in [0.05, 0.1) is 13.2 Å². The molecule has 1 N–H and O–H groups in total. The van der Waals surface area contributed by atoms with Crippen LogP contribution in [0.25, 0.3) is 0 Å². The number of hydrogen-bond acceptors (Lipinski definition) is 4. The van der Waals surface area contributed by atoms with Crippen LogP contribution in [0.1, 0.15) is 24.0 Å². The van der Waals surface area contributed by atoms with Crippen molar-refractivity contribution in [3.05, 3.63) is 29.3 Å². The third kappa shape index (κ3) is 2.30. The second kappa shape index (κ2) is 5.08. The van der Waals surface area contributed by atoms with Gasteiger partial charge in [0.2, 0.25) is 0 Å². The number of carbonyl (C=O) groups is 2. The van der Waals surface area contributed by atoms with Crippen molar-refractivity contribution in [1.29, 1.82) is 0 Å². The molecule has 0 fully saturated rings. The van der Waals surface area contributed by atoms with Crippen LogP contribution in [0, 0.1) is 0 Å². The van der Waals surface area contributed by atoms with Crippen LogP contribution in [0.2, 0.25) is 0 Å². The smallest absolute Gasteiger partial charge is 0.324 e. The van der Waals surface area contributed by atoms with Gasteiger partial charge in [-0.05, 0) is 24.1 Å². The van der Waals surface area contributed by atoms with Crippen molar-refractivity contribution in [2.24, 2.45) is 0 Å². The summed E-state index contributed by atoms with van der Waals surface area (Å²) in [7, 11) is 0. The third-order valence-electron chi connectivity index (χ3n) is 2.82. The van der Waals surface area contributed by atoms with Gasteiger partial charge in [-0.1, -0.05) is 12.1 Å². The van der Waals surface area contributed by atoms with Gasteiger partial charge in [-0.2, -0.15) is 0 Å². The molecule has 0 bridgehead atoms. The Hall–Kier alpha value is -2.04. The molecule has 1 heterocycles. The van der Waals surface area contributed by atoms with E-state index in [9.17, 15) is 9.59 Å². The number of carboxylic acid groups (broad SMARTS) is 1. The van der Waals surface area contributed by atoms with E-state index in [1.165, 1.54) is 0 Å². The Bertz CT molecular complexity index is 480. The molecule has 1 atom stereocenters. The number of ether oxygens (including phenoxy) is 2. The van der Waals surface area contributed by atoms with Crippen LogP contribution in [-0.2, 0) is 20.7 Å². The third-order valence-corrected chi connectivity index (χ3v) is 2.82. The molecule has 18 heavy (non-hydrogen) atoms. The molecule has 1 aromatic carbocycles. The summed E-state index contributed by atoms with van der Waals surface area (Å²) in [6, 6.07) is 5.00. The first-order valence-electron chi connectivity index (χ1n) is 5.78. The number of hydrogen-bond donors (Lipinski definition) is 1. The Morgan fingerprint density at radius 1 is 1.50 bits per heavy atom. The molecule has 0 spiro atoms. The van der Waals surface area contributed by atoms with Crippen molar-refractivity contribution in [2.45, 2.75) is 19.3 Å². The molecule has 0 radical (unpaired) electrons. The van der Waals surface area contributed by atoms with Crippen LogP contribution in [0.3, 0.4) is 0 Å². The lowest BCUT2D eigenvalue weighted by molar-refractivity contribution is -0.153. The van der Waals surface area contributed by atoms with E-state index in [0.29, 0.717) is 12.2 Å². The highest BCUT2D eigenvalue weighted by atomic mass is 16.5. The van der Waals surface area contributed by atoms with Crippen molar-refractivity contribution in [2.75, 3.05) is 13.2 Å². The lowest BCUT2D eigenvalue weighted by Gasteiger charge is -2.12. The molecule has 5 heteroatoms. The van der Waals surface area contributed by atoms with Gasteiger partial charge in [0, 0.05) is 6.42 Å². The van der Waals surface area contributed by atoms with Gasteiger partial charge in [-0.25, -0.2) is 0 Å². The minimum atomic E-state index is -1.27. The minimum absolute atomic E-state index is 0.163. The highest BCUT2D eigenvalue weighted by molar-refractivity contribution is 6.00. The number of aliphatic carboxylic acids is 1. The van der Waals surface area contributed by atoms with Crippen molar-refractivity contribution >= 4 is 11.9 Å². The molecule has 1 unspecified atom stereocenters. The Kier molecular flexibility index (Phi) is 3.50. The Balaban J connectivity index is 2.31. The van der Waals surface area contributed by atoms with Gasteiger partial charge < -0.3 is 14.6 Å². The van der Waals surface area contributed by atoms with E-state index in [1.807, 2.05) is 0 Å². The maximum atomic E-state index is 11.7. The number of fused-ring (bicyclic) bond motifs is 1. The molecule has 0 amide bonds. The lowest BCUT2D eigenvalue weighted by Crippen LogP contribution is -2.23. The standard InChI is InChI=1S/C13H14O5/c1-2-17-13(16)11(12(14)15)9-3-4-10-8(7-9)5-6-18-10/h3-4,7,11H,2,5-6H2,1H3,(H,14,15). The first kappa shape index (κ1) is 12.4. The number of carboxylic acids is 1. The number of carbonyl (C=O) groups excluding carboxylic acids is 1. The molecular formula is C13H14O5. The fourth-order valence-electron chi connectivity index (χ4n) is 1.99. The lowest BCUT2D eigenvalue weighted by atomic mass is 9.96. The van der Waals surface area contributed by atoms with Crippen LogP contribution >= 0.6 is 0 Å². The largest absolute Gasteiger partial charge is 0.493 e. The molecule has 1 aliphatic heterocycles. The quantitative estimate of drug-likeness (QED) is 0.645. The predicted molar refractivity (Wildman–Crippen MR) is 62.7 cm³/mol. The average Bonchev–Trinajstić information content (AvgIpc) is 2.76. The van der Waals surface area contributed by atoms with Crippen molar-refractivity contribution in [3.63, 3.8) is 0 Å². The summed E-state index contributed by atoms with van der Waals surface area (Å²) in [5.74, 6) is -2.45. The van der Waals surface area contributed by atoms with Crippen LogP contribution in [0.4, 0.5) is 0 Å². The first-order chi connectivity index (χ1) is 8.63. The molecule has 1 aromatic rings. The van der Waals surface area contributed by atoms with E-state index in [1.54, 1.807) is 25.1 Å². The second-order valence-electron chi connectivity index (χ2n) is 3.99. The number of esters is 1. The topological polar surface area (TPSA) is 72.8 Å². The van der Waals surface area contributed by atoms with Gasteiger partial charge in [-0.3, -0.25) is 9.59 Å². The second-order valence-corrected chi connectivity index (χ2v) is 3.99. The highest BCUT2D eigenvalue weighted by Crippen LogP contribution is 2.29. The van der Waals surface area contributed by atoms with Crippen LogP contribution < -0.4 is 4.74 Å². The van der Waals surface area contributed by atoms with Crippen molar-refractivity contribution in [3.8, 4) is 5.75 Å². The zero-order valence-corrected chi connectivity index (χ0v) is 10.0. The minimum Gasteiger partial charge on any atom is -0.493 e. The van der Waals surface area contributed by atoms with Gasteiger partial charge >= 0.3 is 11.9 Å². The molecule has 1 aliphatic rings. The summed E-state index contributed by atoms with van der Waals surface area (Å²) >= 11 is 0. The van der Waals surface area contributed by atoms with E-state index in [2.05, 4.69) is 0 Å². The fraction of sp³-hybridized carbons (Fsp3) is 0.385. The average molecular weight is 250 g/mol. The summed E-state index contributed by atoms with van der Waals surface area (Å²) in [6.45, 7) is 2.40. The molecule has 0 aliphatic carbocycles. The van der Waals surface area contributed by atoms with E-state index >= 15 is 0 Å². The molecular weight excluding hydrogens is 236 g/mol. The van der Waals surface area contributed by atoms with Gasteiger partial charge in [-0.15, -0.1) is 0 Å². The van der Waals surface area contributed by atoms with Crippen LogP contribution in [0.15, 0.2) is 18.2 Å². The molecule has 5 nitrogen and oxygen atoms in total. The predicted octanol–water partition coefficient (Wildman–Crippen LogP) is 1.35. The maximum absolute atomic E-state index is 11.7. The van der Waals surface area contributed by atoms with E-state index in [-0.39, 0.29) is 6.61 Å². The molecule has 0 aromatic heterocycles. The Labute approximate surface area is 104 Å². The normalized spacial score (nSPS) is 14.5. The summed E-state index contributed by atoms with van der Waals surface area (Å²) < 4.78 is 10.1. The first-order valence-corrected chi connectivity index (χ1v) is 5.78. The summed E-state index contributed by atoms with van der Waals surface area (Å²) in [5, 5.41) is 9.14. The Morgan fingerprint density at radius 2 is 2.28 bits per heavy atom. The molecule has 0 saturated heterocycles. The van der Waals surface area contributed by atoms with Crippen LogP contribution in [0.5, 0.6) is 5.75 Å². The molecule has 2 rings (SSSR count).